The first kappa shape index (κ1) is 39.1. The fourth-order valence-electron chi connectivity index (χ4n) is 11.5. The first-order valence-corrected chi connectivity index (χ1v) is 24.9. The van der Waals surface area contributed by atoms with Gasteiger partial charge in [-0.2, -0.15) is 15.0 Å². The number of rotatable bonds is 8. The maximum atomic E-state index is 5.61. The van der Waals surface area contributed by atoms with Crippen LogP contribution in [-0.2, 0) is 5.41 Å². The molecular weight excluding hydrogens is 809 g/mol. The highest BCUT2D eigenvalue weighted by Gasteiger charge is 2.58. The lowest BCUT2D eigenvalue weighted by Gasteiger charge is -2.49. The fourth-order valence-corrected chi connectivity index (χ4v) is 16.1. The normalized spacial score (nSPS) is 18.2. The monoisotopic (exact) mass is 856 g/mol. The molecule has 2 unspecified atom stereocenters. The number of aromatic nitrogens is 5. The zero-order chi connectivity index (χ0) is 43.6. The van der Waals surface area contributed by atoms with Crippen molar-refractivity contribution < 1.29 is 0 Å². The summed E-state index contributed by atoms with van der Waals surface area (Å²) in [6.07, 6.45) is 4.51. The topological polar surface area (TPSA) is 59.7 Å². The average molecular weight is 857 g/mol. The van der Waals surface area contributed by atoms with Gasteiger partial charge in [-0.05, 0) is 71.2 Å². The Morgan fingerprint density at radius 2 is 1.02 bits per heavy atom. The van der Waals surface area contributed by atoms with Crippen molar-refractivity contribution >= 4 is 62.4 Å². The van der Waals surface area contributed by atoms with Crippen LogP contribution >= 0.6 is 0 Å². The number of hydrogen-bond donors (Lipinski definition) is 0. The van der Waals surface area contributed by atoms with Crippen LogP contribution in [0.25, 0.3) is 50.4 Å². The minimum atomic E-state index is -3.10. The molecule has 4 heterocycles. The van der Waals surface area contributed by atoms with E-state index in [1.54, 1.807) is 0 Å². The second kappa shape index (κ2) is 15.4. The molecule has 3 aromatic heterocycles. The molecule has 65 heavy (non-hydrogen) atoms. The summed E-state index contributed by atoms with van der Waals surface area (Å²) in [5, 5.41) is 7.10. The quantitative estimate of drug-likeness (QED) is 0.113. The molecular formula is C58H48N6Si. The van der Waals surface area contributed by atoms with Gasteiger partial charge in [0.2, 0.25) is 20.0 Å². The van der Waals surface area contributed by atoms with E-state index in [-0.39, 0.29) is 11.0 Å². The molecule has 12 rings (SSSR count). The predicted molar refractivity (Wildman–Crippen MR) is 269 cm³/mol. The van der Waals surface area contributed by atoms with Gasteiger partial charge in [0.05, 0.1) is 22.3 Å². The molecule has 0 saturated heterocycles. The van der Waals surface area contributed by atoms with Gasteiger partial charge in [-0.15, -0.1) is 0 Å². The highest BCUT2D eigenvalue weighted by molar-refractivity contribution is 7.19. The SMILES string of the molecule is CC12CCCCC1(C)N(c1nc(-c3cccc([Si](c4ccccc4)(c4ccccc4)c4cccc(-c5ccccc5)n4)c3)nc(-n3c4ccccc4c4ccccc43)n1)c1ccccc12. The number of benzene rings is 7. The van der Waals surface area contributed by atoms with Crippen molar-refractivity contribution in [1.82, 2.24) is 24.5 Å². The molecule has 0 radical (unpaired) electrons. The molecule has 0 amide bonds. The second-order valence-corrected chi connectivity index (χ2v) is 21.9. The van der Waals surface area contributed by atoms with Crippen molar-refractivity contribution in [2.24, 2.45) is 0 Å². The van der Waals surface area contributed by atoms with E-state index in [0.29, 0.717) is 17.7 Å². The number of pyridine rings is 1. The Hall–Kier alpha value is -7.48. The summed E-state index contributed by atoms with van der Waals surface area (Å²) >= 11 is 0. The van der Waals surface area contributed by atoms with Crippen LogP contribution in [0.3, 0.4) is 0 Å². The summed E-state index contributed by atoms with van der Waals surface area (Å²) in [5.41, 5.74) is 7.34. The van der Waals surface area contributed by atoms with E-state index in [9.17, 15) is 0 Å². The first-order valence-electron chi connectivity index (χ1n) is 22.9. The predicted octanol–water partition coefficient (Wildman–Crippen LogP) is 10.8. The smallest absolute Gasteiger partial charge is 0.240 e. The summed E-state index contributed by atoms with van der Waals surface area (Å²) < 4.78 is 2.24. The molecule has 10 aromatic rings. The second-order valence-electron chi connectivity index (χ2n) is 18.1. The molecule has 0 N–H and O–H groups in total. The third kappa shape index (κ3) is 5.99. The molecule has 7 aromatic carbocycles. The maximum Gasteiger partial charge on any atom is 0.240 e. The Balaban J connectivity index is 1.13. The van der Waals surface area contributed by atoms with Crippen LogP contribution in [0.2, 0.25) is 0 Å². The van der Waals surface area contributed by atoms with Crippen molar-refractivity contribution in [3.05, 3.63) is 212 Å². The van der Waals surface area contributed by atoms with Gasteiger partial charge in [0.1, 0.15) is 0 Å². The van der Waals surface area contributed by atoms with Gasteiger partial charge >= 0.3 is 0 Å². The van der Waals surface area contributed by atoms with Gasteiger partial charge < -0.3 is 4.90 Å². The van der Waals surface area contributed by atoms with Crippen LogP contribution in [0.4, 0.5) is 11.6 Å². The maximum absolute atomic E-state index is 5.61. The molecule has 1 fully saturated rings. The van der Waals surface area contributed by atoms with E-state index in [2.05, 4.69) is 230 Å². The summed E-state index contributed by atoms with van der Waals surface area (Å²) in [5.74, 6) is 1.91. The van der Waals surface area contributed by atoms with Crippen LogP contribution in [0, 0.1) is 0 Å². The number of para-hydroxylation sites is 3. The lowest BCUT2D eigenvalue weighted by atomic mass is 9.61. The van der Waals surface area contributed by atoms with Crippen LogP contribution < -0.4 is 25.8 Å². The molecule has 1 aliphatic heterocycles. The summed E-state index contributed by atoms with van der Waals surface area (Å²) in [7, 11) is -3.10. The van der Waals surface area contributed by atoms with Crippen molar-refractivity contribution in [3.8, 4) is 28.6 Å². The lowest BCUT2D eigenvalue weighted by molar-refractivity contribution is 0.193. The van der Waals surface area contributed by atoms with Crippen molar-refractivity contribution in [2.75, 3.05) is 4.90 Å². The van der Waals surface area contributed by atoms with E-state index in [1.165, 1.54) is 44.0 Å². The third-order valence-electron chi connectivity index (χ3n) is 14.8. The third-order valence-corrected chi connectivity index (χ3v) is 19.4. The molecule has 1 aliphatic carbocycles. The van der Waals surface area contributed by atoms with E-state index >= 15 is 0 Å². The van der Waals surface area contributed by atoms with Crippen LogP contribution in [0.15, 0.2) is 206 Å². The van der Waals surface area contributed by atoms with Crippen LogP contribution in [0.5, 0.6) is 0 Å². The van der Waals surface area contributed by atoms with Gasteiger partial charge in [0, 0.05) is 38.3 Å². The van der Waals surface area contributed by atoms with E-state index in [1.807, 2.05) is 0 Å². The molecule has 0 bridgehead atoms. The van der Waals surface area contributed by atoms with Gasteiger partial charge in [-0.1, -0.05) is 196 Å². The molecule has 314 valence electrons. The molecule has 0 spiro atoms. The van der Waals surface area contributed by atoms with Crippen molar-refractivity contribution in [2.45, 2.75) is 50.5 Å². The lowest BCUT2D eigenvalue weighted by Crippen LogP contribution is -2.75. The molecule has 6 nitrogen and oxygen atoms in total. The Labute approximate surface area is 381 Å². The minimum Gasteiger partial charge on any atom is -0.303 e. The number of anilines is 2. The van der Waals surface area contributed by atoms with Gasteiger partial charge in [0.25, 0.3) is 0 Å². The highest BCUT2D eigenvalue weighted by Crippen LogP contribution is 2.60. The number of fused-ring (bicyclic) bond motifs is 6. The Kier molecular flexibility index (Phi) is 9.24. The van der Waals surface area contributed by atoms with Crippen molar-refractivity contribution in [3.63, 3.8) is 0 Å². The Bertz CT molecular complexity index is 3300. The van der Waals surface area contributed by atoms with Gasteiger partial charge in [0.15, 0.2) is 5.82 Å². The molecule has 2 atom stereocenters. The Morgan fingerprint density at radius 3 is 1.72 bits per heavy atom. The van der Waals surface area contributed by atoms with Gasteiger partial charge in [-0.25, -0.2) is 0 Å². The zero-order valence-corrected chi connectivity index (χ0v) is 37.6. The summed E-state index contributed by atoms with van der Waals surface area (Å²) in [4.78, 5) is 24.8. The molecule has 7 heteroatoms. The molecule has 2 aliphatic rings. The standard InChI is InChI=1S/C58H48N6Si/c1-57-38-18-19-39-58(57,2)64(52-36-17-14-32-48(52)57)56-61-54(60-55(62-56)63-50-34-15-12-30-46(50)47-31-13-16-35-51(47)63)42-24-20-29-45(40-42)65(43-25-8-4-9-26-43,44-27-10-5-11-28-44)53-37-21-33-49(59-53)41-22-6-3-7-23-41/h3-17,20-37,40H,18-19,38-39H2,1-2H3. The largest absolute Gasteiger partial charge is 0.303 e. The van der Waals surface area contributed by atoms with Crippen LogP contribution in [-0.4, -0.2) is 38.1 Å². The van der Waals surface area contributed by atoms with E-state index < -0.39 is 8.07 Å². The number of hydrogen-bond acceptors (Lipinski definition) is 5. The van der Waals surface area contributed by atoms with Crippen LogP contribution in [0.1, 0.15) is 45.1 Å². The fraction of sp³-hybridized carbons (Fsp3) is 0.138. The minimum absolute atomic E-state index is 0.0700. The van der Waals surface area contributed by atoms with E-state index in [0.717, 1.165) is 52.4 Å². The van der Waals surface area contributed by atoms with Crippen molar-refractivity contribution in [1.29, 1.82) is 0 Å². The van der Waals surface area contributed by atoms with Gasteiger partial charge in [-0.3, -0.25) is 9.55 Å². The summed E-state index contributed by atoms with van der Waals surface area (Å²) in [6.45, 7) is 4.90. The first-order chi connectivity index (χ1) is 32.0. The highest BCUT2D eigenvalue weighted by atomic mass is 28.3. The number of nitrogens with zero attached hydrogens (tertiary/aromatic N) is 6. The Morgan fingerprint density at radius 1 is 0.462 bits per heavy atom. The molecule has 1 saturated carbocycles. The zero-order valence-electron chi connectivity index (χ0n) is 36.6. The summed E-state index contributed by atoms with van der Waals surface area (Å²) in [6, 6.07) is 74.2. The van der Waals surface area contributed by atoms with E-state index in [4.69, 9.17) is 19.9 Å². The average Bonchev–Trinajstić information content (AvgIpc) is 3.82.